The number of hydrogen-bond acceptors (Lipinski definition) is 8. The molecule has 0 bridgehead atoms. The molecule has 0 aliphatic carbocycles. The minimum Gasteiger partial charge on any atom is -0.406 e. The number of pyridine rings is 1. The van der Waals surface area contributed by atoms with Crippen LogP contribution in [0.1, 0.15) is 49.1 Å². The highest BCUT2D eigenvalue weighted by Crippen LogP contribution is 2.28. The number of alkyl halides is 6. The van der Waals surface area contributed by atoms with Gasteiger partial charge in [0, 0.05) is 19.2 Å². The lowest BCUT2D eigenvalue weighted by atomic mass is 9.95. The number of halogens is 8. The van der Waals surface area contributed by atoms with Gasteiger partial charge in [-0.2, -0.15) is 23.1 Å². The maximum atomic E-state index is 13.9. The lowest BCUT2D eigenvalue weighted by Crippen LogP contribution is -2.25. The first-order chi connectivity index (χ1) is 22.6. The van der Waals surface area contributed by atoms with Gasteiger partial charge in [-0.1, -0.05) is 41.4 Å². The van der Waals surface area contributed by atoms with Gasteiger partial charge in [0.1, 0.15) is 18.0 Å². The van der Waals surface area contributed by atoms with E-state index >= 15 is 0 Å². The predicted molar refractivity (Wildman–Crippen MR) is 157 cm³/mol. The van der Waals surface area contributed by atoms with Crippen molar-refractivity contribution in [2.45, 2.75) is 39.0 Å². The number of carbonyl (C=O) groups is 2. The van der Waals surface area contributed by atoms with E-state index < -0.39 is 42.3 Å². The smallest absolute Gasteiger partial charge is 0.406 e. The van der Waals surface area contributed by atoms with E-state index in [1.807, 2.05) is 0 Å². The van der Waals surface area contributed by atoms with Crippen LogP contribution in [0.4, 0.5) is 26.3 Å². The van der Waals surface area contributed by atoms with Crippen LogP contribution in [-0.2, 0) is 25.7 Å². The Labute approximate surface area is 276 Å². The van der Waals surface area contributed by atoms with E-state index in [1.165, 1.54) is 36.5 Å². The summed E-state index contributed by atoms with van der Waals surface area (Å²) in [6.45, 7) is 1.17. The lowest BCUT2D eigenvalue weighted by Gasteiger charge is -2.15. The predicted octanol–water partition coefficient (Wildman–Crippen LogP) is 6.19. The van der Waals surface area contributed by atoms with E-state index in [-0.39, 0.29) is 51.3 Å². The molecular formula is C29H20Cl2F6N8O3. The quantitative estimate of drug-likeness (QED) is 0.134. The Morgan fingerprint density at radius 3 is 2.33 bits per heavy atom. The van der Waals surface area contributed by atoms with E-state index in [1.54, 1.807) is 19.1 Å². The van der Waals surface area contributed by atoms with Crippen molar-refractivity contribution in [2.24, 2.45) is 0 Å². The topological polar surface area (TPSA) is 130 Å². The first-order valence-electron chi connectivity index (χ1n) is 13.6. The van der Waals surface area contributed by atoms with Crippen LogP contribution < -0.4 is 10.1 Å². The Morgan fingerprint density at radius 1 is 0.958 bits per heavy atom. The highest BCUT2D eigenvalue weighted by Gasteiger charge is 2.37. The molecule has 2 aromatic carbocycles. The highest BCUT2D eigenvalue weighted by atomic mass is 35.5. The van der Waals surface area contributed by atoms with Crippen LogP contribution in [0.2, 0.25) is 10.0 Å². The molecule has 0 unspecified atom stereocenters. The summed E-state index contributed by atoms with van der Waals surface area (Å²) in [5.74, 6) is -3.10. The van der Waals surface area contributed by atoms with E-state index in [0.717, 1.165) is 16.8 Å². The van der Waals surface area contributed by atoms with Gasteiger partial charge in [-0.15, -0.1) is 23.4 Å². The first kappa shape index (κ1) is 34.3. The number of Topliss-reactive ketones (excluding diaryl/α,β-unsaturated/α-hetero) is 1. The van der Waals surface area contributed by atoms with Gasteiger partial charge in [0.25, 0.3) is 11.7 Å². The third kappa shape index (κ3) is 8.09. The third-order valence-corrected chi connectivity index (χ3v) is 7.28. The number of hydrogen-bond donors (Lipinski definition) is 1. The average molecular weight is 713 g/mol. The zero-order chi connectivity index (χ0) is 34.8. The van der Waals surface area contributed by atoms with Gasteiger partial charge in [0.05, 0.1) is 21.3 Å². The number of carbonyl (C=O) groups excluding carboxylic acids is 2. The van der Waals surface area contributed by atoms with Gasteiger partial charge in [0.15, 0.2) is 11.6 Å². The van der Waals surface area contributed by atoms with E-state index in [9.17, 15) is 35.9 Å². The molecule has 3 aromatic heterocycles. The zero-order valence-corrected chi connectivity index (χ0v) is 25.8. The van der Waals surface area contributed by atoms with Gasteiger partial charge in [-0.3, -0.25) is 9.59 Å². The molecule has 0 spiro atoms. The van der Waals surface area contributed by atoms with Crippen LogP contribution >= 0.6 is 23.2 Å². The largest absolute Gasteiger partial charge is 0.573 e. The van der Waals surface area contributed by atoms with E-state index in [2.05, 4.69) is 35.5 Å². The molecule has 250 valence electrons. The van der Waals surface area contributed by atoms with Gasteiger partial charge < -0.3 is 10.1 Å². The molecule has 0 aliphatic rings. The number of aromatic nitrogens is 7. The van der Waals surface area contributed by atoms with Crippen molar-refractivity contribution in [2.75, 3.05) is 0 Å². The molecule has 1 amide bonds. The van der Waals surface area contributed by atoms with Crippen LogP contribution in [0.5, 0.6) is 5.75 Å². The van der Waals surface area contributed by atoms with Crippen molar-refractivity contribution in [1.29, 1.82) is 0 Å². The zero-order valence-electron chi connectivity index (χ0n) is 24.3. The maximum absolute atomic E-state index is 13.9. The fourth-order valence-corrected chi connectivity index (χ4v) is 4.96. The van der Waals surface area contributed by atoms with Crippen molar-refractivity contribution in [3.8, 4) is 11.6 Å². The normalized spacial score (nSPS) is 11.9. The summed E-state index contributed by atoms with van der Waals surface area (Å²) in [5.41, 5.74) is 1.21. The summed E-state index contributed by atoms with van der Waals surface area (Å²) in [6, 6.07) is 12.3. The van der Waals surface area contributed by atoms with Crippen molar-refractivity contribution < 1.29 is 40.7 Å². The summed E-state index contributed by atoms with van der Waals surface area (Å²) in [7, 11) is 0. The van der Waals surface area contributed by atoms with E-state index in [0.29, 0.717) is 15.9 Å². The number of aryl methyl sites for hydroxylation is 1. The molecule has 11 nitrogen and oxygen atoms in total. The van der Waals surface area contributed by atoms with Crippen LogP contribution in [0.15, 0.2) is 60.8 Å². The van der Waals surface area contributed by atoms with Crippen LogP contribution in [0.3, 0.4) is 0 Å². The van der Waals surface area contributed by atoms with Crippen molar-refractivity contribution in [3.05, 3.63) is 110 Å². The van der Waals surface area contributed by atoms with Gasteiger partial charge in [-0.25, -0.2) is 9.67 Å². The van der Waals surface area contributed by atoms with Crippen LogP contribution in [0, 0.1) is 6.92 Å². The number of tetrazole rings is 1. The van der Waals surface area contributed by atoms with Crippen molar-refractivity contribution in [3.63, 3.8) is 0 Å². The number of rotatable bonds is 10. The monoisotopic (exact) mass is 712 g/mol. The second-order valence-electron chi connectivity index (χ2n) is 10.1. The van der Waals surface area contributed by atoms with Crippen LogP contribution in [-0.4, -0.2) is 53.0 Å². The lowest BCUT2D eigenvalue weighted by molar-refractivity contribution is -0.274. The Hall–Kier alpha value is -5.03. The Kier molecular flexibility index (Phi) is 9.72. The summed E-state index contributed by atoms with van der Waals surface area (Å²) in [6.07, 6.45) is -8.67. The number of benzene rings is 2. The molecule has 0 saturated heterocycles. The fourth-order valence-electron chi connectivity index (χ4n) is 4.50. The number of nitrogens with one attached hydrogen (secondary N) is 1. The molecule has 0 saturated carbocycles. The number of amides is 1. The van der Waals surface area contributed by atoms with Gasteiger partial charge in [-0.05, 0) is 65.2 Å². The molecule has 0 aliphatic heterocycles. The molecular weight excluding hydrogens is 693 g/mol. The second kappa shape index (κ2) is 13.6. The standard InChI is InChI=1S/C29H20Cl2F6N8O3/c1-15-4-9-20(30)24(26(47)39-13-16-5-7-18(8-6-16)48-29(35,36)37)19(15)12-23(46)22-11-17(14-44-42-27(40-43-44)28(32,33)34)41-45(22)25-21(31)3-2-10-38-25/h2-11H,12-14H2,1H3,(H,39,47). The number of ketones is 1. The van der Waals surface area contributed by atoms with Crippen LogP contribution in [0.25, 0.3) is 5.82 Å². The minimum atomic E-state index is -4.86. The summed E-state index contributed by atoms with van der Waals surface area (Å²) in [5, 5.41) is 16.8. The van der Waals surface area contributed by atoms with Crippen molar-refractivity contribution in [1.82, 2.24) is 40.3 Å². The molecule has 48 heavy (non-hydrogen) atoms. The molecule has 3 heterocycles. The highest BCUT2D eigenvalue weighted by molar-refractivity contribution is 6.34. The van der Waals surface area contributed by atoms with Gasteiger partial charge >= 0.3 is 12.5 Å². The SMILES string of the molecule is Cc1ccc(Cl)c(C(=O)NCc2ccc(OC(F)(F)F)cc2)c1CC(=O)c1cc(Cn2nnc(C(F)(F)F)n2)nn1-c1ncccc1Cl. The maximum Gasteiger partial charge on any atom is 0.573 e. The molecule has 0 radical (unpaired) electrons. The number of nitrogens with zero attached hydrogens (tertiary/aromatic N) is 7. The summed E-state index contributed by atoms with van der Waals surface area (Å²) < 4.78 is 81.4. The molecule has 5 rings (SSSR count). The van der Waals surface area contributed by atoms with Crippen molar-refractivity contribution >= 4 is 34.9 Å². The Bertz CT molecular complexity index is 1980. The minimum absolute atomic E-state index is 0.0179. The average Bonchev–Trinajstić information content (AvgIpc) is 3.66. The molecule has 1 N–H and O–H groups in total. The fraction of sp³-hybridized carbons (Fsp3) is 0.207. The molecule has 5 aromatic rings. The summed E-state index contributed by atoms with van der Waals surface area (Å²) >= 11 is 12.7. The van der Waals surface area contributed by atoms with Gasteiger partial charge in [0.2, 0.25) is 0 Å². The summed E-state index contributed by atoms with van der Waals surface area (Å²) in [4.78, 5) is 32.1. The molecule has 0 atom stereocenters. The molecule has 0 fully saturated rings. The molecule has 19 heteroatoms. The third-order valence-electron chi connectivity index (χ3n) is 6.67. The number of ether oxygens (including phenoxy) is 1. The second-order valence-corrected chi connectivity index (χ2v) is 10.9. The Balaban J connectivity index is 1.41. The Morgan fingerprint density at radius 2 is 1.69 bits per heavy atom. The first-order valence-corrected chi connectivity index (χ1v) is 14.3. The van der Waals surface area contributed by atoms with E-state index in [4.69, 9.17) is 23.2 Å².